The van der Waals surface area contributed by atoms with E-state index in [1.54, 1.807) is 30.0 Å². The first-order valence-corrected chi connectivity index (χ1v) is 12.2. The first-order chi connectivity index (χ1) is 16.5. The number of hydrogen-bond donors (Lipinski definition) is 1. The maximum Gasteiger partial charge on any atom is 0.409 e. The SMILES string of the molecule is CCOC(=O)N1CCN(C(c2cccc(F)c2)c2cc(CC)sc2NC(=O)c2ccco2)CC1. The number of rotatable bonds is 7. The molecular weight excluding hydrogens is 457 g/mol. The highest BCUT2D eigenvalue weighted by Gasteiger charge is 2.32. The quantitative estimate of drug-likeness (QED) is 0.500. The molecule has 0 radical (unpaired) electrons. The third kappa shape index (κ3) is 5.31. The molecule has 1 fully saturated rings. The highest BCUT2D eigenvalue weighted by molar-refractivity contribution is 7.16. The predicted molar refractivity (Wildman–Crippen MR) is 129 cm³/mol. The van der Waals surface area contributed by atoms with Crippen LogP contribution in [0.2, 0.25) is 0 Å². The monoisotopic (exact) mass is 485 g/mol. The Labute approximate surface area is 202 Å². The van der Waals surface area contributed by atoms with Gasteiger partial charge in [0, 0.05) is 36.6 Å². The number of anilines is 1. The van der Waals surface area contributed by atoms with E-state index >= 15 is 0 Å². The lowest BCUT2D eigenvalue weighted by atomic mass is 9.97. The van der Waals surface area contributed by atoms with Crippen molar-refractivity contribution in [3.63, 3.8) is 0 Å². The number of ether oxygens (including phenoxy) is 1. The van der Waals surface area contributed by atoms with Crippen LogP contribution in [0.1, 0.15) is 46.4 Å². The Kier molecular flexibility index (Phi) is 7.64. The first-order valence-electron chi connectivity index (χ1n) is 11.4. The molecule has 2 aromatic heterocycles. The number of carbonyl (C=O) groups excluding carboxylic acids is 2. The lowest BCUT2D eigenvalue weighted by Crippen LogP contribution is -2.50. The van der Waals surface area contributed by atoms with Crippen molar-refractivity contribution in [1.82, 2.24) is 9.80 Å². The number of nitrogens with zero attached hydrogens (tertiary/aromatic N) is 2. The Morgan fingerprint density at radius 3 is 2.59 bits per heavy atom. The molecule has 1 aromatic carbocycles. The number of furan rings is 1. The summed E-state index contributed by atoms with van der Waals surface area (Å²) in [6.07, 6.45) is 1.95. The molecule has 1 saturated heterocycles. The average molecular weight is 486 g/mol. The Hall–Kier alpha value is -3.17. The van der Waals surface area contributed by atoms with Crippen LogP contribution in [0.4, 0.5) is 14.2 Å². The lowest BCUT2D eigenvalue weighted by molar-refractivity contribution is 0.0715. The van der Waals surface area contributed by atoms with Gasteiger partial charge in [-0.1, -0.05) is 19.1 Å². The van der Waals surface area contributed by atoms with Crippen LogP contribution in [0.5, 0.6) is 0 Å². The van der Waals surface area contributed by atoms with Crippen molar-refractivity contribution in [3.05, 3.63) is 76.3 Å². The highest BCUT2D eigenvalue weighted by atomic mass is 32.1. The summed E-state index contributed by atoms with van der Waals surface area (Å²) in [6.45, 7) is 6.36. The third-order valence-electron chi connectivity index (χ3n) is 5.80. The normalized spacial score (nSPS) is 15.2. The van der Waals surface area contributed by atoms with Gasteiger partial charge in [0.05, 0.1) is 18.9 Å². The minimum Gasteiger partial charge on any atom is -0.459 e. The van der Waals surface area contributed by atoms with Crippen molar-refractivity contribution in [2.45, 2.75) is 26.3 Å². The summed E-state index contributed by atoms with van der Waals surface area (Å²) >= 11 is 1.51. The van der Waals surface area contributed by atoms with Crippen LogP contribution >= 0.6 is 11.3 Å². The molecule has 4 rings (SSSR count). The molecule has 180 valence electrons. The van der Waals surface area contributed by atoms with Crippen molar-refractivity contribution in [3.8, 4) is 0 Å². The number of carbonyl (C=O) groups is 2. The minimum atomic E-state index is -0.333. The Bertz CT molecular complexity index is 1120. The maximum absolute atomic E-state index is 14.3. The van der Waals surface area contributed by atoms with Crippen LogP contribution in [-0.2, 0) is 11.2 Å². The molecule has 0 bridgehead atoms. The largest absolute Gasteiger partial charge is 0.459 e. The van der Waals surface area contributed by atoms with Crippen LogP contribution in [0.15, 0.2) is 53.1 Å². The van der Waals surface area contributed by atoms with E-state index in [1.165, 1.54) is 29.7 Å². The number of amides is 2. The second-order valence-corrected chi connectivity index (χ2v) is 9.10. The van der Waals surface area contributed by atoms with E-state index in [9.17, 15) is 14.0 Å². The molecule has 1 N–H and O–H groups in total. The molecule has 0 saturated carbocycles. The number of aryl methyl sites for hydroxylation is 1. The van der Waals surface area contributed by atoms with Gasteiger partial charge in [-0.15, -0.1) is 11.3 Å². The van der Waals surface area contributed by atoms with E-state index in [1.807, 2.05) is 6.07 Å². The van der Waals surface area contributed by atoms with Crippen molar-refractivity contribution in [2.24, 2.45) is 0 Å². The molecule has 3 aromatic rings. The summed E-state index contributed by atoms with van der Waals surface area (Å²) in [5, 5.41) is 3.70. The van der Waals surface area contributed by atoms with Crippen LogP contribution in [0.3, 0.4) is 0 Å². The van der Waals surface area contributed by atoms with Gasteiger partial charge in [-0.2, -0.15) is 0 Å². The van der Waals surface area contributed by atoms with Gasteiger partial charge >= 0.3 is 6.09 Å². The van der Waals surface area contributed by atoms with Crippen molar-refractivity contribution in [1.29, 1.82) is 0 Å². The van der Waals surface area contributed by atoms with Gasteiger partial charge in [0.1, 0.15) is 10.8 Å². The van der Waals surface area contributed by atoms with E-state index in [4.69, 9.17) is 9.15 Å². The number of piperazine rings is 1. The summed E-state index contributed by atoms with van der Waals surface area (Å²) < 4.78 is 24.7. The zero-order valence-corrected chi connectivity index (χ0v) is 20.1. The van der Waals surface area contributed by atoms with Gasteiger partial charge in [-0.25, -0.2) is 9.18 Å². The van der Waals surface area contributed by atoms with Gasteiger partial charge < -0.3 is 19.4 Å². The fourth-order valence-corrected chi connectivity index (χ4v) is 5.17. The third-order valence-corrected chi connectivity index (χ3v) is 7.01. The fraction of sp³-hybridized carbons (Fsp3) is 0.360. The molecule has 3 heterocycles. The maximum atomic E-state index is 14.3. The van der Waals surface area contributed by atoms with Crippen LogP contribution in [0, 0.1) is 5.82 Å². The number of nitrogens with one attached hydrogen (secondary N) is 1. The molecular formula is C25H28FN3O4S. The van der Waals surface area contributed by atoms with Gasteiger partial charge in [0.15, 0.2) is 5.76 Å². The Morgan fingerprint density at radius 1 is 1.15 bits per heavy atom. The van der Waals surface area contributed by atoms with E-state index < -0.39 is 0 Å². The Morgan fingerprint density at radius 2 is 1.94 bits per heavy atom. The molecule has 7 nitrogen and oxygen atoms in total. The smallest absolute Gasteiger partial charge is 0.409 e. The summed E-state index contributed by atoms with van der Waals surface area (Å²) in [7, 11) is 0. The van der Waals surface area contributed by atoms with Gasteiger partial charge in [0.2, 0.25) is 0 Å². The van der Waals surface area contributed by atoms with Crippen molar-refractivity contribution < 1.29 is 23.1 Å². The average Bonchev–Trinajstić information content (AvgIpc) is 3.51. The molecule has 9 heteroatoms. The van der Waals surface area contributed by atoms with E-state index in [-0.39, 0.29) is 29.6 Å². The fourth-order valence-electron chi connectivity index (χ4n) is 4.15. The number of hydrogen-bond acceptors (Lipinski definition) is 6. The molecule has 0 spiro atoms. The second kappa shape index (κ2) is 10.8. The summed E-state index contributed by atoms with van der Waals surface area (Å²) in [4.78, 5) is 29.9. The molecule has 2 amide bonds. The van der Waals surface area contributed by atoms with Crippen LogP contribution in [-0.4, -0.2) is 54.6 Å². The predicted octanol–water partition coefficient (Wildman–Crippen LogP) is 5.16. The highest BCUT2D eigenvalue weighted by Crippen LogP contribution is 2.40. The first kappa shape index (κ1) is 24.0. The summed E-state index contributed by atoms with van der Waals surface area (Å²) in [6, 6.07) is 11.6. The summed E-state index contributed by atoms with van der Waals surface area (Å²) in [5.41, 5.74) is 1.69. The molecule has 0 aliphatic carbocycles. The Balaban J connectivity index is 1.67. The lowest BCUT2D eigenvalue weighted by Gasteiger charge is -2.39. The van der Waals surface area contributed by atoms with Gasteiger partial charge in [-0.05, 0) is 49.2 Å². The summed E-state index contributed by atoms with van der Waals surface area (Å²) in [5.74, 6) is -0.427. The zero-order chi connectivity index (χ0) is 24.1. The van der Waals surface area contributed by atoms with Gasteiger partial charge in [-0.3, -0.25) is 9.69 Å². The van der Waals surface area contributed by atoms with E-state index in [0.717, 1.165) is 22.4 Å². The van der Waals surface area contributed by atoms with E-state index in [2.05, 4.69) is 23.2 Å². The van der Waals surface area contributed by atoms with Crippen LogP contribution < -0.4 is 5.32 Å². The zero-order valence-electron chi connectivity index (χ0n) is 19.3. The van der Waals surface area contributed by atoms with Crippen LogP contribution in [0.25, 0.3) is 0 Å². The van der Waals surface area contributed by atoms with Crippen molar-refractivity contribution in [2.75, 3.05) is 38.1 Å². The van der Waals surface area contributed by atoms with Crippen molar-refractivity contribution >= 4 is 28.3 Å². The second-order valence-electron chi connectivity index (χ2n) is 7.96. The topological polar surface area (TPSA) is 75.0 Å². The molecule has 1 aliphatic heterocycles. The number of halogens is 1. The molecule has 34 heavy (non-hydrogen) atoms. The minimum absolute atomic E-state index is 0.225. The molecule has 1 unspecified atom stereocenters. The molecule has 1 aliphatic rings. The molecule has 1 atom stereocenters. The standard InChI is InChI=1S/C25H28FN3O4S/c1-3-19-16-20(24(34-19)27-23(30)21-9-6-14-33-21)22(17-7-5-8-18(26)15-17)28-10-12-29(13-11-28)25(31)32-4-2/h5-9,14-16,22H,3-4,10-13H2,1-2H3,(H,27,30). The number of thiophene rings is 1. The van der Waals surface area contributed by atoms with E-state index in [0.29, 0.717) is 37.8 Å². The van der Waals surface area contributed by atoms with Gasteiger partial charge in [0.25, 0.3) is 5.91 Å². The number of benzene rings is 1.